The Morgan fingerprint density at radius 3 is 2.55 bits per heavy atom. The van der Waals surface area contributed by atoms with Gasteiger partial charge in [0.25, 0.3) is 0 Å². The first-order chi connectivity index (χ1) is 13.7. The molecule has 1 unspecified atom stereocenters. The van der Waals surface area contributed by atoms with Crippen molar-refractivity contribution in [3.05, 3.63) is 95.3 Å². The fourth-order valence-corrected chi connectivity index (χ4v) is 3.93. The standard InChI is InChI=1S/C24H25N3O.ClH/c25-22(17-20-10-4-5-15-26-20)24(28)27-16-14-21-19(9-6-11-23(21)27)13-12-18-7-2-1-3-8-18;/h1-11,15,22H,12-14,16-17,25H2;1H. The summed E-state index contributed by atoms with van der Waals surface area (Å²) >= 11 is 0. The summed E-state index contributed by atoms with van der Waals surface area (Å²) in [5.74, 6) is -0.0235. The smallest absolute Gasteiger partial charge is 0.244 e. The van der Waals surface area contributed by atoms with Crippen molar-refractivity contribution in [3.8, 4) is 0 Å². The number of aromatic nitrogens is 1. The first kappa shape index (κ1) is 21.0. The molecule has 0 fully saturated rings. The molecule has 2 aromatic carbocycles. The molecule has 4 rings (SSSR count). The molecule has 1 aliphatic heterocycles. The molecule has 1 atom stereocenters. The number of carbonyl (C=O) groups excluding carboxylic acids is 1. The van der Waals surface area contributed by atoms with Crippen LogP contribution in [-0.2, 0) is 30.5 Å². The highest BCUT2D eigenvalue weighted by atomic mass is 35.5. The lowest BCUT2D eigenvalue weighted by atomic mass is 9.98. The van der Waals surface area contributed by atoms with Crippen molar-refractivity contribution in [1.29, 1.82) is 0 Å². The second-order valence-electron chi connectivity index (χ2n) is 7.27. The maximum atomic E-state index is 13.0. The normalized spacial score (nSPS) is 13.5. The van der Waals surface area contributed by atoms with E-state index in [9.17, 15) is 4.79 Å². The zero-order valence-electron chi connectivity index (χ0n) is 16.3. The van der Waals surface area contributed by atoms with Gasteiger partial charge in [-0.15, -0.1) is 12.4 Å². The molecular weight excluding hydrogens is 382 g/mol. The fourth-order valence-electron chi connectivity index (χ4n) is 3.93. The van der Waals surface area contributed by atoms with Gasteiger partial charge >= 0.3 is 0 Å². The summed E-state index contributed by atoms with van der Waals surface area (Å²) in [5, 5.41) is 0. The molecule has 0 radical (unpaired) electrons. The molecule has 1 aromatic heterocycles. The molecule has 0 saturated heterocycles. The van der Waals surface area contributed by atoms with Crippen molar-refractivity contribution in [2.45, 2.75) is 31.7 Å². The van der Waals surface area contributed by atoms with Crippen molar-refractivity contribution >= 4 is 24.0 Å². The van der Waals surface area contributed by atoms with Crippen LogP contribution in [0.25, 0.3) is 0 Å². The molecule has 29 heavy (non-hydrogen) atoms. The lowest BCUT2D eigenvalue weighted by molar-refractivity contribution is -0.119. The van der Waals surface area contributed by atoms with Gasteiger partial charge in [0.15, 0.2) is 0 Å². The van der Waals surface area contributed by atoms with E-state index >= 15 is 0 Å². The third kappa shape index (κ3) is 4.84. The van der Waals surface area contributed by atoms with Crippen LogP contribution in [0.4, 0.5) is 5.69 Å². The molecule has 4 nitrogen and oxygen atoms in total. The number of amides is 1. The van der Waals surface area contributed by atoms with Gasteiger partial charge in [0.2, 0.25) is 5.91 Å². The third-order valence-electron chi connectivity index (χ3n) is 5.39. The van der Waals surface area contributed by atoms with Crippen LogP contribution in [0, 0.1) is 0 Å². The molecular formula is C24H26ClN3O. The number of anilines is 1. The predicted octanol–water partition coefficient (Wildman–Crippen LogP) is 3.75. The van der Waals surface area contributed by atoms with E-state index in [0.717, 1.165) is 30.6 Å². The molecule has 5 heteroatoms. The number of nitrogens with zero attached hydrogens (tertiary/aromatic N) is 2. The fraction of sp³-hybridized carbons (Fsp3) is 0.250. The van der Waals surface area contributed by atoms with Gasteiger partial charge < -0.3 is 10.6 Å². The summed E-state index contributed by atoms with van der Waals surface area (Å²) in [5.41, 5.74) is 12.0. The summed E-state index contributed by atoms with van der Waals surface area (Å²) in [6, 6.07) is 21.9. The number of hydrogen-bond acceptors (Lipinski definition) is 3. The molecule has 150 valence electrons. The topological polar surface area (TPSA) is 59.2 Å². The van der Waals surface area contributed by atoms with Gasteiger partial charge in [-0.25, -0.2) is 0 Å². The zero-order valence-corrected chi connectivity index (χ0v) is 17.1. The number of nitrogens with two attached hydrogens (primary N) is 1. The highest BCUT2D eigenvalue weighted by molar-refractivity contribution is 5.99. The van der Waals surface area contributed by atoms with Crippen molar-refractivity contribution in [2.75, 3.05) is 11.4 Å². The summed E-state index contributed by atoms with van der Waals surface area (Å²) in [7, 11) is 0. The van der Waals surface area contributed by atoms with E-state index in [1.165, 1.54) is 16.7 Å². The minimum Gasteiger partial charge on any atom is -0.320 e. The van der Waals surface area contributed by atoms with Crippen LogP contribution in [-0.4, -0.2) is 23.5 Å². The van der Waals surface area contributed by atoms with Crippen LogP contribution in [0.5, 0.6) is 0 Å². The number of hydrogen-bond donors (Lipinski definition) is 1. The van der Waals surface area contributed by atoms with Gasteiger partial charge in [0, 0.05) is 30.5 Å². The number of fused-ring (bicyclic) bond motifs is 1. The minimum atomic E-state index is -0.575. The van der Waals surface area contributed by atoms with Gasteiger partial charge in [-0.3, -0.25) is 9.78 Å². The monoisotopic (exact) mass is 407 g/mol. The van der Waals surface area contributed by atoms with Crippen molar-refractivity contribution in [3.63, 3.8) is 0 Å². The quantitative estimate of drug-likeness (QED) is 0.677. The number of rotatable bonds is 6. The van der Waals surface area contributed by atoms with Crippen LogP contribution in [0.1, 0.15) is 22.4 Å². The first-order valence-electron chi connectivity index (χ1n) is 9.84. The predicted molar refractivity (Wildman–Crippen MR) is 120 cm³/mol. The van der Waals surface area contributed by atoms with Gasteiger partial charge in [-0.05, 0) is 54.2 Å². The Balaban J connectivity index is 0.00000240. The number of aryl methyl sites for hydroxylation is 2. The highest BCUT2D eigenvalue weighted by Gasteiger charge is 2.29. The number of benzene rings is 2. The van der Waals surface area contributed by atoms with Crippen LogP contribution in [0.15, 0.2) is 72.9 Å². The molecule has 2 heterocycles. The second-order valence-corrected chi connectivity index (χ2v) is 7.27. The Morgan fingerprint density at radius 2 is 1.79 bits per heavy atom. The number of pyridine rings is 1. The second kappa shape index (κ2) is 9.68. The molecule has 0 spiro atoms. The SMILES string of the molecule is Cl.NC(Cc1ccccn1)C(=O)N1CCc2c(CCc3ccccc3)cccc21. The van der Waals surface area contributed by atoms with Gasteiger partial charge in [0.05, 0.1) is 6.04 Å². The van der Waals surface area contributed by atoms with E-state index in [4.69, 9.17) is 5.73 Å². The number of carbonyl (C=O) groups is 1. The average molecular weight is 408 g/mol. The molecule has 1 amide bonds. The third-order valence-corrected chi connectivity index (χ3v) is 5.39. The Morgan fingerprint density at radius 1 is 1.00 bits per heavy atom. The van der Waals surface area contributed by atoms with Gasteiger partial charge in [0.1, 0.15) is 0 Å². The van der Waals surface area contributed by atoms with Crippen molar-refractivity contribution in [1.82, 2.24) is 4.98 Å². The number of halogens is 1. The van der Waals surface area contributed by atoms with E-state index < -0.39 is 6.04 Å². The molecule has 0 aliphatic carbocycles. The van der Waals surface area contributed by atoms with E-state index in [-0.39, 0.29) is 18.3 Å². The van der Waals surface area contributed by atoms with Gasteiger partial charge in [-0.1, -0.05) is 48.5 Å². The van der Waals surface area contributed by atoms with E-state index in [2.05, 4.69) is 41.4 Å². The molecule has 3 aromatic rings. The van der Waals surface area contributed by atoms with Crippen LogP contribution in [0.3, 0.4) is 0 Å². The lowest BCUT2D eigenvalue weighted by Gasteiger charge is -2.22. The van der Waals surface area contributed by atoms with Crippen LogP contribution < -0.4 is 10.6 Å². The Bertz CT molecular complexity index is 947. The van der Waals surface area contributed by atoms with Crippen LogP contribution >= 0.6 is 12.4 Å². The summed E-state index contributed by atoms with van der Waals surface area (Å²) < 4.78 is 0. The Labute approximate surface area is 178 Å². The maximum absolute atomic E-state index is 13.0. The minimum absolute atomic E-state index is 0. The molecule has 1 aliphatic rings. The molecule has 0 saturated carbocycles. The Hall–Kier alpha value is -2.69. The molecule has 2 N–H and O–H groups in total. The highest BCUT2D eigenvalue weighted by Crippen LogP contribution is 2.32. The lowest BCUT2D eigenvalue weighted by Crippen LogP contribution is -2.44. The average Bonchev–Trinajstić information content (AvgIpc) is 3.18. The van der Waals surface area contributed by atoms with Gasteiger partial charge in [-0.2, -0.15) is 0 Å². The summed E-state index contributed by atoms with van der Waals surface area (Å²) in [4.78, 5) is 19.1. The summed E-state index contributed by atoms with van der Waals surface area (Å²) in [6.45, 7) is 0.701. The largest absolute Gasteiger partial charge is 0.320 e. The van der Waals surface area contributed by atoms with E-state index in [0.29, 0.717) is 13.0 Å². The van der Waals surface area contributed by atoms with Crippen molar-refractivity contribution < 1.29 is 4.79 Å². The van der Waals surface area contributed by atoms with Crippen molar-refractivity contribution in [2.24, 2.45) is 5.73 Å². The Kier molecular flexibility index (Phi) is 7.02. The summed E-state index contributed by atoms with van der Waals surface area (Å²) in [6.07, 6.45) is 5.07. The van der Waals surface area contributed by atoms with E-state index in [1.807, 2.05) is 35.2 Å². The van der Waals surface area contributed by atoms with Crippen LogP contribution in [0.2, 0.25) is 0 Å². The first-order valence-corrected chi connectivity index (χ1v) is 9.84. The molecule has 0 bridgehead atoms. The van der Waals surface area contributed by atoms with E-state index in [1.54, 1.807) is 6.20 Å². The maximum Gasteiger partial charge on any atom is 0.244 e. The zero-order chi connectivity index (χ0) is 19.3.